The van der Waals surface area contributed by atoms with Gasteiger partial charge in [-0.2, -0.15) is 0 Å². The van der Waals surface area contributed by atoms with Crippen LogP contribution in [0.4, 0.5) is 0 Å². The molecule has 0 aliphatic heterocycles. The minimum atomic E-state index is -0.870. The van der Waals surface area contributed by atoms with Crippen LogP contribution in [0.5, 0.6) is 0 Å². The summed E-state index contributed by atoms with van der Waals surface area (Å²) in [5.74, 6) is -0.985. The smallest absolute Gasteiger partial charge is 0.320 e. The fourth-order valence-corrected chi connectivity index (χ4v) is 2.03. The lowest BCUT2D eigenvalue weighted by atomic mass is 10.2. The molecule has 110 valence electrons. The Morgan fingerprint density at radius 2 is 1.95 bits per heavy atom. The van der Waals surface area contributed by atoms with Crippen LogP contribution < -0.4 is 5.32 Å². The van der Waals surface area contributed by atoms with Crippen LogP contribution in [0.15, 0.2) is 28.7 Å². The summed E-state index contributed by atoms with van der Waals surface area (Å²) in [4.78, 5) is 23.8. The molecule has 0 heterocycles. The number of aliphatic carboxylic acids is 1. The summed E-state index contributed by atoms with van der Waals surface area (Å²) in [6.45, 7) is 4.54. The number of rotatable bonds is 7. The molecule has 1 atom stereocenters. The molecule has 20 heavy (non-hydrogen) atoms. The third-order valence-corrected chi connectivity index (χ3v) is 3.51. The van der Waals surface area contributed by atoms with Crippen LogP contribution in [-0.2, 0) is 16.1 Å². The predicted molar refractivity (Wildman–Crippen MR) is 80.3 cm³/mol. The molecule has 0 spiro atoms. The highest BCUT2D eigenvalue weighted by Crippen LogP contribution is 2.13. The van der Waals surface area contributed by atoms with Crippen molar-refractivity contribution in [2.24, 2.45) is 0 Å². The molecular weight excluding hydrogens is 324 g/mol. The third-order valence-electron chi connectivity index (χ3n) is 2.98. The van der Waals surface area contributed by atoms with Gasteiger partial charge in [-0.05, 0) is 24.6 Å². The van der Waals surface area contributed by atoms with Gasteiger partial charge in [0.2, 0.25) is 5.91 Å². The molecule has 2 N–H and O–H groups in total. The maximum Gasteiger partial charge on any atom is 0.320 e. The molecule has 1 aromatic rings. The van der Waals surface area contributed by atoms with E-state index in [1.54, 1.807) is 6.92 Å². The minimum Gasteiger partial charge on any atom is -0.480 e. The Bertz CT molecular complexity index is 462. The van der Waals surface area contributed by atoms with Crippen molar-refractivity contribution in [1.82, 2.24) is 10.2 Å². The van der Waals surface area contributed by atoms with E-state index in [-0.39, 0.29) is 5.91 Å². The highest BCUT2D eigenvalue weighted by molar-refractivity contribution is 9.10. The number of benzene rings is 1. The topological polar surface area (TPSA) is 69.6 Å². The molecule has 0 radical (unpaired) electrons. The molecule has 0 aliphatic carbocycles. The Labute approximate surface area is 127 Å². The first-order valence-electron chi connectivity index (χ1n) is 6.36. The summed E-state index contributed by atoms with van der Waals surface area (Å²) in [5.41, 5.74) is 1.03. The van der Waals surface area contributed by atoms with E-state index in [1.807, 2.05) is 29.2 Å². The Balaban J connectivity index is 2.68. The van der Waals surface area contributed by atoms with Gasteiger partial charge in [0.25, 0.3) is 0 Å². The molecule has 0 aromatic heterocycles. The Kier molecular flexibility index (Phi) is 6.67. The number of hydrogen-bond donors (Lipinski definition) is 2. The largest absolute Gasteiger partial charge is 0.480 e. The van der Waals surface area contributed by atoms with Crippen molar-refractivity contribution in [1.29, 1.82) is 0 Å². The molecular formula is C14H19BrN2O3. The summed E-state index contributed by atoms with van der Waals surface area (Å²) < 4.78 is 0.984. The molecule has 1 rings (SSSR count). The van der Waals surface area contributed by atoms with Crippen molar-refractivity contribution in [2.45, 2.75) is 26.4 Å². The second-order valence-corrected chi connectivity index (χ2v) is 5.51. The van der Waals surface area contributed by atoms with Gasteiger partial charge < -0.3 is 10.4 Å². The summed E-state index contributed by atoms with van der Waals surface area (Å²) >= 11 is 3.37. The van der Waals surface area contributed by atoms with E-state index >= 15 is 0 Å². The zero-order valence-corrected chi connectivity index (χ0v) is 13.2. The number of carboxylic acids is 1. The number of carboxylic acid groups (broad SMARTS) is 1. The van der Waals surface area contributed by atoms with Gasteiger partial charge in [0.15, 0.2) is 0 Å². The lowest BCUT2D eigenvalue weighted by molar-refractivity contribution is -0.142. The Morgan fingerprint density at radius 1 is 1.35 bits per heavy atom. The van der Waals surface area contributed by atoms with E-state index in [4.69, 9.17) is 5.11 Å². The molecule has 0 saturated carbocycles. The number of carbonyl (C=O) groups excluding carboxylic acids is 1. The fourth-order valence-electron chi connectivity index (χ4n) is 1.77. The summed E-state index contributed by atoms with van der Waals surface area (Å²) in [5, 5.41) is 11.8. The zero-order chi connectivity index (χ0) is 15.1. The Morgan fingerprint density at radius 3 is 2.45 bits per heavy atom. The van der Waals surface area contributed by atoms with Gasteiger partial charge in [-0.25, -0.2) is 0 Å². The number of carbonyl (C=O) groups is 2. The average Bonchev–Trinajstić information content (AvgIpc) is 2.38. The molecule has 5 nitrogen and oxygen atoms in total. The van der Waals surface area contributed by atoms with Gasteiger partial charge in [0, 0.05) is 31.0 Å². The van der Waals surface area contributed by atoms with Crippen LogP contribution in [0.3, 0.4) is 0 Å². The van der Waals surface area contributed by atoms with Gasteiger partial charge in [-0.15, -0.1) is 0 Å². The first-order valence-corrected chi connectivity index (χ1v) is 7.15. The number of hydrogen-bond acceptors (Lipinski definition) is 3. The molecule has 1 amide bonds. The molecule has 1 aromatic carbocycles. The van der Waals surface area contributed by atoms with Gasteiger partial charge in [0.1, 0.15) is 6.04 Å². The third kappa shape index (κ3) is 5.71. The van der Waals surface area contributed by atoms with Crippen molar-refractivity contribution < 1.29 is 14.7 Å². The molecule has 0 bridgehead atoms. The van der Waals surface area contributed by atoms with Crippen molar-refractivity contribution in [3.63, 3.8) is 0 Å². The van der Waals surface area contributed by atoms with Crippen molar-refractivity contribution >= 4 is 27.8 Å². The monoisotopic (exact) mass is 342 g/mol. The molecule has 1 unspecified atom stereocenters. The van der Waals surface area contributed by atoms with Gasteiger partial charge in [-0.1, -0.05) is 28.1 Å². The van der Waals surface area contributed by atoms with Crippen LogP contribution in [0.25, 0.3) is 0 Å². The minimum absolute atomic E-state index is 0.114. The highest BCUT2D eigenvalue weighted by atomic mass is 79.9. The standard InChI is InChI=1S/C14H19BrN2O3/c1-10(14(19)20)17(8-7-16-11(2)18)9-12-3-5-13(15)6-4-12/h3-6,10H,7-9H2,1-2H3,(H,16,18)(H,19,20). The summed E-state index contributed by atoms with van der Waals surface area (Å²) in [6, 6.07) is 7.14. The number of amides is 1. The first kappa shape index (κ1) is 16.7. The Hall–Kier alpha value is -1.40. The van der Waals surface area contributed by atoms with Crippen LogP contribution in [0.1, 0.15) is 19.4 Å². The van der Waals surface area contributed by atoms with Crippen molar-refractivity contribution in [2.75, 3.05) is 13.1 Å². The van der Waals surface area contributed by atoms with Gasteiger partial charge in [0.05, 0.1) is 0 Å². The second-order valence-electron chi connectivity index (χ2n) is 4.59. The van der Waals surface area contributed by atoms with Gasteiger partial charge in [-0.3, -0.25) is 14.5 Å². The molecule has 0 fully saturated rings. The molecule has 6 heteroatoms. The average molecular weight is 343 g/mol. The van der Waals surface area contributed by atoms with Crippen LogP contribution in [0.2, 0.25) is 0 Å². The van der Waals surface area contributed by atoms with Gasteiger partial charge >= 0.3 is 5.97 Å². The summed E-state index contributed by atoms with van der Waals surface area (Å²) in [7, 11) is 0. The molecule has 0 saturated heterocycles. The van der Waals surface area contributed by atoms with E-state index in [2.05, 4.69) is 21.2 Å². The van der Waals surface area contributed by atoms with Crippen LogP contribution >= 0.6 is 15.9 Å². The van der Waals surface area contributed by atoms with Crippen molar-refractivity contribution in [3.8, 4) is 0 Å². The number of nitrogens with one attached hydrogen (secondary N) is 1. The number of nitrogens with zero attached hydrogens (tertiary/aromatic N) is 1. The van der Waals surface area contributed by atoms with Crippen LogP contribution in [0, 0.1) is 0 Å². The lowest BCUT2D eigenvalue weighted by Crippen LogP contribution is -2.42. The predicted octanol–water partition coefficient (Wildman–Crippen LogP) is 1.86. The normalized spacial score (nSPS) is 12.2. The maximum absolute atomic E-state index is 11.1. The number of halogens is 1. The zero-order valence-electron chi connectivity index (χ0n) is 11.6. The lowest BCUT2D eigenvalue weighted by Gasteiger charge is -2.26. The van der Waals surface area contributed by atoms with E-state index in [0.29, 0.717) is 19.6 Å². The maximum atomic E-state index is 11.1. The molecule has 0 aliphatic rings. The van der Waals surface area contributed by atoms with E-state index in [1.165, 1.54) is 6.92 Å². The quantitative estimate of drug-likeness (QED) is 0.793. The second kappa shape index (κ2) is 8.01. The highest BCUT2D eigenvalue weighted by Gasteiger charge is 2.20. The fraction of sp³-hybridized carbons (Fsp3) is 0.429. The van der Waals surface area contributed by atoms with Crippen LogP contribution in [-0.4, -0.2) is 41.0 Å². The van der Waals surface area contributed by atoms with E-state index in [9.17, 15) is 9.59 Å². The summed E-state index contributed by atoms with van der Waals surface area (Å²) in [6.07, 6.45) is 0. The van der Waals surface area contributed by atoms with Crippen molar-refractivity contribution in [3.05, 3.63) is 34.3 Å². The van der Waals surface area contributed by atoms with E-state index < -0.39 is 12.0 Å². The van der Waals surface area contributed by atoms with E-state index in [0.717, 1.165) is 10.0 Å². The SMILES string of the molecule is CC(=O)NCCN(Cc1ccc(Br)cc1)C(C)C(=O)O. The first-order chi connectivity index (χ1) is 9.40.